The minimum absolute atomic E-state index is 0.0591. The summed E-state index contributed by atoms with van der Waals surface area (Å²) in [5, 5.41) is 0. The normalized spacial score (nSPS) is 16.0. The van der Waals surface area contributed by atoms with Crippen LogP contribution in [0.2, 0.25) is 0 Å². The summed E-state index contributed by atoms with van der Waals surface area (Å²) < 4.78 is 5.92. The van der Waals surface area contributed by atoms with Crippen LogP contribution in [0.4, 0.5) is 5.69 Å². The van der Waals surface area contributed by atoms with Crippen LogP contribution in [0.1, 0.15) is 38.8 Å². The molecule has 1 atom stereocenters. The fraction of sp³-hybridized carbons (Fsp3) is 0.458. The van der Waals surface area contributed by atoms with E-state index in [0.717, 1.165) is 31.9 Å². The Labute approximate surface area is 169 Å². The summed E-state index contributed by atoms with van der Waals surface area (Å²) in [7, 11) is 0. The number of carbonyl (C=O) groups excluding carboxylic acids is 1. The Morgan fingerprint density at radius 2 is 1.64 bits per heavy atom. The van der Waals surface area contributed by atoms with Crippen molar-refractivity contribution in [2.45, 2.75) is 46.1 Å². The molecule has 1 amide bonds. The molecule has 4 nitrogen and oxygen atoms in total. The smallest absolute Gasteiger partial charge is 0.263 e. The van der Waals surface area contributed by atoms with Crippen LogP contribution >= 0.6 is 0 Å². The van der Waals surface area contributed by atoms with Gasteiger partial charge in [-0.25, -0.2) is 0 Å². The van der Waals surface area contributed by atoms with Gasteiger partial charge in [-0.1, -0.05) is 45.0 Å². The molecule has 3 rings (SSSR count). The first-order valence-electron chi connectivity index (χ1n) is 10.1. The van der Waals surface area contributed by atoms with E-state index in [9.17, 15) is 4.79 Å². The highest BCUT2D eigenvalue weighted by molar-refractivity contribution is 5.81. The Hall–Kier alpha value is -2.49. The number of aryl methyl sites for hydroxylation is 1. The number of carbonyl (C=O) groups is 1. The molecule has 0 spiro atoms. The van der Waals surface area contributed by atoms with Gasteiger partial charge in [0.2, 0.25) is 0 Å². The molecule has 0 aromatic heterocycles. The lowest BCUT2D eigenvalue weighted by atomic mass is 9.87. The minimum atomic E-state index is -0.481. The van der Waals surface area contributed by atoms with Crippen molar-refractivity contribution in [2.75, 3.05) is 31.1 Å². The van der Waals surface area contributed by atoms with Crippen LogP contribution in [0.25, 0.3) is 0 Å². The van der Waals surface area contributed by atoms with Gasteiger partial charge in [-0.15, -0.1) is 0 Å². The summed E-state index contributed by atoms with van der Waals surface area (Å²) in [6.07, 6.45) is -0.481. The molecule has 1 aliphatic heterocycles. The second kappa shape index (κ2) is 8.26. The highest BCUT2D eigenvalue weighted by Gasteiger charge is 2.26. The lowest BCUT2D eigenvalue weighted by Gasteiger charge is -2.37. The zero-order valence-corrected chi connectivity index (χ0v) is 17.7. The highest BCUT2D eigenvalue weighted by Crippen LogP contribution is 2.25. The van der Waals surface area contributed by atoms with E-state index in [4.69, 9.17) is 4.74 Å². The van der Waals surface area contributed by atoms with Crippen LogP contribution in [0.3, 0.4) is 0 Å². The number of hydrogen-bond donors (Lipinski definition) is 0. The van der Waals surface area contributed by atoms with Crippen LogP contribution < -0.4 is 9.64 Å². The number of ether oxygens (including phenoxy) is 1. The lowest BCUT2D eigenvalue weighted by Crippen LogP contribution is -2.52. The van der Waals surface area contributed by atoms with Gasteiger partial charge in [0.25, 0.3) is 5.91 Å². The average molecular weight is 381 g/mol. The summed E-state index contributed by atoms with van der Waals surface area (Å²) in [6, 6.07) is 16.6. The van der Waals surface area contributed by atoms with Crippen molar-refractivity contribution >= 4 is 11.6 Å². The maximum absolute atomic E-state index is 12.8. The maximum atomic E-state index is 12.8. The predicted molar refractivity (Wildman–Crippen MR) is 115 cm³/mol. The van der Waals surface area contributed by atoms with Crippen LogP contribution in [-0.2, 0) is 10.2 Å². The van der Waals surface area contributed by atoms with E-state index >= 15 is 0 Å². The molecule has 0 aliphatic carbocycles. The lowest BCUT2D eigenvalue weighted by molar-refractivity contribution is -0.138. The molecule has 4 heteroatoms. The zero-order chi connectivity index (χ0) is 20.3. The molecule has 2 aromatic rings. The molecule has 1 heterocycles. The molecule has 1 aliphatic rings. The van der Waals surface area contributed by atoms with E-state index in [-0.39, 0.29) is 11.3 Å². The van der Waals surface area contributed by atoms with Crippen molar-refractivity contribution in [3.63, 3.8) is 0 Å². The van der Waals surface area contributed by atoms with Crippen LogP contribution in [-0.4, -0.2) is 43.1 Å². The van der Waals surface area contributed by atoms with Gasteiger partial charge in [0.05, 0.1) is 0 Å². The van der Waals surface area contributed by atoms with Gasteiger partial charge in [0.15, 0.2) is 6.10 Å². The summed E-state index contributed by atoms with van der Waals surface area (Å²) in [5.41, 5.74) is 3.86. The molecule has 0 bridgehead atoms. The van der Waals surface area contributed by atoms with Gasteiger partial charge in [0.1, 0.15) is 5.75 Å². The van der Waals surface area contributed by atoms with Gasteiger partial charge < -0.3 is 14.5 Å². The molecule has 2 aromatic carbocycles. The second-order valence-corrected chi connectivity index (χ2v) is 8.69. The largest absolute Gasteiger partial charge is 0.481 e. The standard InChI is InChI=1S/C24H32N2O2/c1-18-7-6-8-21(17-18)25-13-15-26(16-14-25)23(27)19(2)28-22-11-9-20(10-12-22)24(3,4)5/h6-12,17,19H,13-16H2,1-5H3/t19-/m0/s1. The van der Waals surface area contributed by atoms with E-state index < -0.39 is 6.10 Å². The topological polar surface area (TPSA) is 32.8 Å². The first-order valence-corrected chi connectivity index (χ1v) is 10.1. The number of benzene rings is 2. The molecule has 150 valence electrons. The summed E-state index contributed by atoms with van der Waals surface area (Å²) >= 11 is 0. The van der Waals surface area contributed by atoms with Gasteiger partial charge in [0, 0.05) is 31.9 Å². The second-order valence-electron chi connectivity index (χ2n) is 8.69. The zero-order valence-electron chi connectivity index (χ0n) is 17.7. The summed E-state index contributed by atoms with van der Waals surface area (Å²) in [6.45, 7) is 13.7. The van der Waals surface area contributed by atoms with Crippen molar-refractivity contribution in [3.05, 3.63) is 59.7 Å². The van der Waals surface area contributed by atoms with Crippen molar-refractivity contribution < 1.29 is 9.53 Å². The number of rotatable bonds is 4. The van der Waals surface area contributed by atoms with Gasteiger partial charge in [-0.3, -0.25) is 4.79 Å². The first kappa shape index (κ1) is 20.2. The molecule has 1 saturated heterocycles. The molecule has 0 unspecified atom stereocenters. The molecule has 0 N–H and O–H groups in total. The molecule has 0 radical (unpaired) electrons. The van der Waals surface area contributed by atoms with E-state index in [1.165, 1.54) is 16.8 Å². The first-order chi connectivity index (χ1) is 13.2. The molecular formula is C24H32N2O2. The third-order valence-corrected chi connectivity index (χ3v) is 5.34. The van der Waals surface area contributed by atoms with Crippen molar-refractivity contribution in [1.82, 2.24) is 4.90 Å². The van der Waals surface area contributed by atoms with Gasteiger partial charge in [-0.2, -0.15) is 0 Å². The monoisotopic (exact) mass is 380 g/mol. The molecule has 1 fully saturated rings. The van der Waals surface area contributed by atoms with E-state index in [1.807, 2.05) is 24.0 Å². The third-order valence-electron chi connectivity index (χ3n) is 5.34. The predicted octanol–water partition coefficient (Wildman–Crippen LogP) is 4.41. The summed E-state index contributed by atoms with van der Waals surface area (Å²) in [5.74, 6) is 0.802. The Kier molecular flexibility index (Phi) is 5.97. The molecule has 28 heavy (non-hydrogen) atoms. The molecule has 0 saturated carbocycles. The number of nitrogens with zero attached hydrogens (tertiary/aromatic N) is 2. The fourth-order valence-corrected chi connectivity index (χ4v) is 3.55. The van der Waals surface area contributed by atoms with Crippen molar-refractivity contribution in [2.24, 2.45) is 0 Å². The average Bonchev–Trinajstić information content (AvgIpc) is 2.67. The number of hydrogen-bond acceptors (Lipinski definition) is 3. The highest BCUT2D eigenvalue weighted by atomic mass is 16.5. The SMILES string of the molecule is Cc1cccc(N2CCN(C(=O)[C@H](C)Oc3ccc(C(C)(C)C)cc3)CC2)c1. The van der Waals surface area contributed by atoms with Gasteiger partial charge >= 0.3 is 0 Å². The van der Waals surface area contributed by atoms with E-state index in [1.54, 1.807) is 0 Å². The van der Waals surface area contributed by atoms with Gasteiger partial charge in [-0.05, 0) is 54.7 Å². The van der Waals surface area contributed by atoms with E-state index in [0.29, 0.717) is 0 Å². The van der Waals surface area contributed by atoms with Crippen LogP contribution in [0.15, 0.2) is 48.5 Å². The number of anilines is 1. The number of piperazine rings is 1. The van der Waals surface area contributed by atoms with Crippen molar-refractivity contribution in [1.29, 1.82) is 0 Å². The van der Waals surface area contributed by atoms with Crippen LogP contribution in [0.5, 0.6) is 5.75 Å². The Bertz CT molecular complexity index is 800. The molecular weight excluding hydrogens is 348 g/mol. The Morgan fingerprint density at radius 3 is 2.21 bits per heavy atom. The number of amides is 1. The quantitative estimate of drug-likeness (QED) is 0.788. The third kappa shape index (κ3) is 4.86. The fourth-order valence-electron chi connectivity index (χ4n) is 3.55. The minimum Gasteiger partial charge on any atom is -0.481 e. The summed E-state index contributed by atoms with van der Waals surface area (Å²) in [4.78, 5) is 17.1. The van der Waals surface area contributed by atoms with Crippen molar-refractivity contribution in [3.8, 4) is 5.75 Å². The Balaban J connectivity index is 1.54. The van der Waals surface area contributed by atoms with Crippen LogP contribution in [0, 0.1) is 6.92 Å². The van der Waals surface area contributed by atoms with E-state index in [2.05, 4.69) is 69.0 Å². The maximum Gasteiger partial charge on any atom is 0.263 e. The Morgan fingerprint density at radius 1 is 1.00 bits per heavy atom.